The summed E-state index contributed by atoms with van der Waals surface area (Å²) in [6.07, 6.45) is 0.622. The number of nitrogens with one attached hydrogen (secondary N) is 1. The average Bonchev–Trinajstić information content (AvgIpc) is 2.29. The molecule has 96 valence electrons. The van der Waals surface area contributed by atoms with Gasteiger partial charge in [-0.2, -0.15) is 0 Å². The summed E-state index contributed by atoms with van der Waals surface area (Å²) in [7, 11) is 0. The lowest BCUT2D eigenvalue weighted by Gasteiger charge is -2.11. The number of hydrogen-bond acceptors (Lipinski definition) is 3. The van der Waals surface area contributed by atoms with Crippen molar-refractivity contribution in [2.75, 3.05) is 11.9 Å². The Morgan fingerprint density at radius 2 is 2.18 bits per heavy atom. The van der Waals surface area contributed by atoms with Gasteiger partial charge in [0.05, 0.1) is 12.6 Å². The van der Waals surface area contributed by atoms with Crippen LogP contribution in [0.15, 0.2) is 24.3 Å². The molecule has 0 aromatic heterocycles. The van der Waals surface area contributed by atoms with E-state index < -0.39 is 6.04 Å². The number of halogens is 1. The predicted octanol–water partition coefficient (Wildman–Crippen LogP) is 2.18. The number of nitrogens with two attached hydrogens (primary N) is 1. The van der Waals surface area contributed by atoms with Crippen molar-refractivity contribution in [3.63, 3.8) is 0 Å². The number of anilines is 1. The van der Waals surface area contributed by atoms with E-state index >= 15 is 0 Å². The number of carbonyl (C=O) groups is 1. The number of hydrogen-bond donors (Lipinski definition) is 2. The van der Waals surface area contributed by atoms with Gasteiger partial charge in [-0.25, -0.2) is 0 Å². The molecule has 0 fully saturated rings. The first-order valence-corrected chi connectivity index (χ1v) is 5.46. The molecule has 1 aromatic rings. The monoisotopic (exact) mass is 258 g/mol. The number of benzene rings is 1. The molecule has 1 atom stereocenters. The molecule has 0 saturated carbocycles. The van der Waals surface area contributed by atoms with E-state index in [0.29, 0.717) is 18.7 Å². The van der Waals surface area contributed by atoms with Gasteiger partial charge in [-0.15, -0.1) is 12.4 Å². The fraction of sp³-hybridized carbons (Fsp3) is 0.417. The van der Waals surface area contributed by atoms with E-state index in [9.17, 15) is 4.79 Å². The van der Waals surface area contributed by atoms with Crippen LogP contribution in [0.4, 0.5) is 5.69 Å². The van der Waals surface area contributed by atoms with E-state index in [0.717, 1.165) is 5.75 Å². The standard InChI is InChI=1S/C12H18N2O2.ClH/c1-3-11(13)12(15)14-9-6-5-7-10(8-9)16-4-2;/h5-8,11H,3-4,13H2,1-2H3,(H,14,15);1H/t11-;/m0./s1. The Balaban J connectivity index is 0.00000256. The Labute approximate surface area is 108 Å². The lowest BCUT2D eigenvalue weighted by atomic mass is 10.2. The second kappa shape index (κ2) is 7.92. The van der Waals surface area contributed by atoms with Gasteiger partial charge in [0.1, 0.15) is 5.75 Å². The Morgan fingerprint density at radius 3 is 2.76 bits per heavy atom. The molecule has 0 aliphatic heterocycles. The van der Waals surface area contributed by atoms with Gasteiger partial charge in [0.15, 0.2) is 0 Å². The van der Waals surface area contributed by atoms with Crippen LogP contribution in [0, 0.1) is 0 Å². The van der Waals surface area contributed by atoms with Gasteiger partial charge in [0.2, 0.25) is 5.91 Å². The van der Waals surface area contributed by atoms with E-state index in [1.807, 2.05) is 32.0 Å². The van der Waals surface area contributed by atoms with Crippen LogP contribution in [-0.2, 0) is 4.79 Å². The summed E-state index contributed by atoms with van der Waals surface area (Å²) in [6, 6.07) is 6.81. The lowest BCUT2D eigenvalue weighted by Crippen LogP contribution is -2.34. The van der Waals surface area contributed by atoms with E-state index in [-0.39, 0.29) is 18.3 Å². The number of rotatable bonds is 5. The Kier molecular flexibility index (Phi) is 7.34. The second-order valence-electron chi connectivity index (χ2n) is 3.46. The first kappa shape index (κ1) is 15.7. The van der Waals surface area contributed by atoms with E-state index in [1.165, 1.54) is 0 Å². The largest absolute Gasteiger partial charge is 0.494 e. The molecule has 3 N–H and O–H groups in total. The highest BCUT2D eigenvalue weighted by atomic mass is 35.5. The molecular formula is C12H19ClN2O2. The summed E-state index contributed by atoms with van der Waals surface area (Å²) in [5.41, 5.74) is 6.33. The van der Waals surface area contributed by atoms with Crippen LogP contribution in [0.25, 0.3) is 0 Å². The molecule has 4 nitrogen and oxygen atoms in total. The maximum atomic E-state index is 11.5. The summed E-state index contributed by atoms with van der Waals surface area (Å²) in [5, 5.41) is 2.75. The van der Waals surface area contributed by atoms with E-state index in [1.54, 1.807) is 6.07 Å². The third-order valence-corrected chi connectivity index (χ3v) is 2.19. The zero-order valence-corrected chi connectivity index (χ0v) is 10.9. The van der Waals surface area contributed by atoms with Crippen LogP contribution in [0.2, 0.25) is 0 Å². The molecule has 0 radical (unpaired) electrons. The zero-order chi connectivity index (χ0) is 12.0. The maximum absolute atomic E-state index is 11.5. The van der Waals surface area contributed by atoms with Gasteiger partial charge in [-0.1, -0.05) is 13.0 Å². The van der Waals surface area contributed by atoms with Crippen molar-refractivity contribution in [3.8, 4) is 5.75 Å². The summed E-state index contributed by atoms with van der Waals surface area (Å²) < 4.78 is 5.33. The molecule has 1 amide bonds. The van der Waals surface area contributed by atoms with Crippen molar-refractivity contribution in [2.24, 2.45) is 5.73 Å². The molecule has 0 heterocycles. The molecule has 0 aliphatic carbocycles. The van der Waals surface area contributed by atoms with Crippen LogP contribution >= 0.6 is 12.4 Å². The molecule has 0 aliphatic rings. The van der Waals surface area contributed by atoms with Crippen LogP contribution in [-0.4, -0.2) is 18.6 Å². The van der Waals surface area contributed by atoms with Crippen LogP contribution in [0.1, 0.15) is 20.3 Å². The normalized spacial score (nSPS) is 11.2. The topological polar surface area (TPSA) is 64.3 Å². The SMILES string of the molecule is CCOc1cccc(NC(=O)[C@@H](N)CC)c1.Cl. The van der Waals surface area contributed by atoms with Gasteiger partial charge in [0, 0.05) is 11.8 Å². The van der Waals surface area contributed by atoms with Crippen molar-refractivity contribution in [3.05, 3.63) is 24.3 Å². The summed E-state index contributed by atoms with van der Waals surface area (Å²) in [6.45, 7) is 4.39. The molecule has 1 aromatic carbocycles. The average molecular weight is 259 g/mol. The molecule has 0 spiro atoms. The van der Waals surface area contributed by atoms with Crippen LogP contribution < -0.4 is 15.8 Å². The molecule has 0 bridgehead atoms. The van der Waals surface area contributed by atoms with Crippen molar-refractivity contribution in [1.29, 1.82) is 0 Å². The highest BCUT2D eigenvalue weighted by molar-refractivity contribution is 5.94. The highest BCUT2D eigenvalue weighted by Crippen LogP contribution is 2.17. The summed E-state index contributed by atoms with van der Waals surface area (Å²) in [4.78, 5) is 11.5. The van der Waals surface area contributed by atoms with Crippen molar-refractivity contribution in [1.82, 2.24) is 0 Å². The Morgan fingerprint density at radius 1 is 1.47 bits per heavy atom. The second-order valence-corrected chi connectivity index (χ2v) is 3.46. The van der Waals surface area contributed by atoms with Crippen molar-refractivity contribution < 1.29 is 9.53 Å². The third-order valence-electron chi connectivity index (χ3n) is 2.19. The highest BCUT2D eigenvalue weighted by Gasteiger charge is 2.10. The van der Waals surface area contributed by atoms with E-state index in [4.69, 9.17) is 10.5 Å². The van der Waals surface area contributed by atoms with Gasteiger partial charge >= 0.3 is 0 Å². The quantitative estimate of drug-likeness (QED) is 0.851. The van der Waals surface area contributed by atoms with Crippen molar-refractivity contribution in [2.45, 2.75) is 26.3 Å². The smallest absolute Gasteiger partial charge is 0.241 e. The van der Waals surface area contributed by atoms with Gasteiger partial charge < -0.3 is 15.8 Å². The van der Waals surface area contributed by atoms with Gasteiger partial charge in [-0.3, -0.25) is 4.79 Å². The minimum Gasteiger partial charge on any atom is -0.494 e. The van der Waals surface area contributed by atoms with Gasteiger partial charge in [-0.05, 0) is 25.5 Å². The molecule has 0 saturated heterocycles. The van der Waals surface area contributed by atoms with E-state index in [2.05, 4.69) is 5.32 Å². The molecule has 17 heavy (non-hydrogen) atoms. The molecule has 0 unspecified atom stereocenters. The fourth-order valence-corrected chi connectivity index (χ4v) is 1.25. The number of carbonyl (C=O) groups excluding carboxylic acids is 1. The number of ether oxygens (including phenoxy) is 1. The maximum Gasteiger partial charge on any atom is 0.241 e. The summed E-state index contributed by atoms with van der Waals surface area (Å²) >= 11 is 0. The predicted molar refractivity (Wildman–Crippen MR) is 71.8 cm³/mol. The first-order valence-electron chi connectivity index (χ1n) is 5.46. The first-order chi connectivity index (χ1) is 7.67. The van der Waals surface area contributed by atoms with Crippen molar-refractivity contribution >= 4 is 24.0 Å². The van der Waals surface area contributed by atoms with Crippen LogP contribution in [0.5, 0.6) is 5.75 Å². The number of amides is 1. The molecule has 1 rings (SSSR count). The summed E-state index contributed by atoms with van der Waals surface area (Å²) in [5.74, 6) is 0.571. The Bertz CT molecular complexity index is 358. The van der Waals surface area contributed by atoms with Crippen LogP contribution in [0.3, 0.4) is 0 Å². The zero-order valence-electron chi connectivity index (χ0n) is 10.1. The minimum atomic E-state index is -0.462. The molecule has 5 heteroatoms. The molecular weight excluding hydrogens is 240 g/mol. The van der Waals surface area contributed by atoms with Gasteiger partial charge in [0.25, 0.3) is 0 Å². The minimum absolute atomic E-state index is 0. The third kappa shape index (κ3) is 5.06. The Hall–Kier alpha value is -1.26. The lowest BCUT2D eigenvalue weighted by molar-refractivity contribution is -0.117. The fourth-order valence-electron chi connectivity index (χ4n) is 1.25.